The molecule has 1 aromatic rings. The molecule has 0 N–H and O–H groups in total. The second-order valence-corrected chi connectivity index (χ2v) is 5.83. The maximum atomic E-state index is 12.7. The van der Waals surface area contributed by atoms with Crippen molar-refractivity contribution in [3.63, 3.8) is 0 Å². The van der Waals surface area contributed by atoms with E-state index in [1.165, 1.54) is 11.3 Å². The lowest BCUT2D eigenvalue weighted by Crippen LogP contribution is -2.46. The van der Waals surface area contributed by atoms with E-state index in [9.17, 15) is 4.79 Å². The number of amides is 1. The fourth-order valence-electron chi connectivity index (χ4n) is 3.20. The molecule has 2 unspecified atom stereocenters. The fourth-order valence-corrected chi connectivity index (χ4v) is 3.20. The van der Waals surface area contributed by atoms with Crippen molar-refractivity contribution in [2.45, 2.75) is 38.5 Å². The van der Waals surface area contributed by atoms with Crippen LogP contribution in [0.15, 0.2) is 24.3 Å². The van der Waals surface area contributed by atoms with E-state index in [1.54, 1.807) is 0 Å². The molecule has 2 aliphatic rings. The first kappa shape index (κ1) is 13.4. The maximum absolute atomic E-state index is 12.7. The number of hydrogen-bond acceptors (Lipinski definition) is 3. The van der Waals surface area contributed by atoms with E-state index in [0.717, 1.165) is 26.0 Å². The van der Waals surface area contributed by atoms with Crippen molar-refractivity contribution < 1.29 is 9.53 Å². The molecular weight excluding hydrogens is 252 g/mol. The van der Waals surface area contributed by atoms with E-state index in [-0.39, 0.29) is 18.1 Å². The summed E-state index contributed by atoms with van der Waals surface area (Å²) >= 11 is 0. The quantitative estimate of drug-likeness (QED) is 0.785. The summed E-state index contributed by atoms with van der Waals surface area (Å²) in [5.74, 6) is 0.153. The maximum Gasteiger partial charge on any atom is 0.252 e. The predicted octanol–water partition coefficient (Wildman–Crippen LogP) is 2.03. The molecule has 1 fully saturated rings. The smallest absolute Gasteiger partial charge is 0.252 e. The van der Waals surface area contributed by atoms with Gasteiger partial charge in [-0.25, -0.2) is 0 Å². The van der Waals surface area contributed by atoms with Gasteiger partial charge in [-0.2, -0.15) is 0 Å². The summed E-state index contributed by atoms with van der Waals surface area (Å²) < 4.78 is 5.57. The number of para-hydroxylation sites is 1. The third-order valence-electron chi connectivity index (χ3n) is 4.30. The van der Waals surface area contributed by atoms with Crippen molar-refractivity contribution in [1.82, 2.24) is 4.90 Å². The Bertz CT molecular complexity index is 497. The van der Waals surface area contributed by atoms with Crippen LogP contribution in [0.3, 0.4) is 0 Å². The molecule has 2 aliphatic heterocycles. The Morgan fingerprint density at radius 3 is 2.90 bits per heavy atom. The average Bonchev–Trinajstić information content (AvgIpc) is 2.94. The number of ether oxygens (including phenoxy) is 1. The Labute approximate surface area is 120 Å². The van der Waals surface area contributed by atoms with Crippen LogP contribution in [0.1, 0.15) is 25.3 Å². The average molecular weight is 274 g/mol. The molecule has 4 heteroatoms. The number of carbonyl (C=O) groups excluding carboxylic acids is 1. The van der Waals surface area contributed by atoms with Gasteiger partial charge in [0.25, 0.3) is 5.91 Å². The monoisotopic (exact) mass is 274 g/mol. The highest BCUT2D eigenvalue weighted by molar-refractivity contribution is 5.82. The fraction of sp³-hybridized carbons (Fsp3) is 0.562. The first-order valence-electron chi connectivity index (χ1n) is 7.38. The highest BCUT2D eigenvalue weighted by Gasteiger charge is 2.33. The molecule has 2 heterocycles. The Hall–Kier alpha value is -1.55. The van der Waals surface area contributed by atoms with Crippen molar-refractivity contribution in [3.8, 4) is 0 Å². The minimum atomic E-state index is -0.229. The molecule has 1 aromatic carbocycles. The molecule has 108 valence electrons. The van der Waals surface area contributed by atoms with Gasteiger partial charge >= 0.3 is 0 Å². The summed E-state index contributed by atoms with van der Waals surface area (Å²) in [5.41, 5.74) is 2.44. The van der Waals surface area contributed by atoms with Crippen LogP contribution in [0.4, 0.5) is 5.69 Å². The van der Waals surface area contributed by atoms with Crippen LogP contribution >= 0.6 is 0 Å². The van der Waals surface area contributed by atoms with Crippen LogP contribution in [0.25, 0.3) is 0 Å². The number of fused-ring (bicyclic) bond motifs is 1. The molecule has 3 rings (SSSR count). The number of nitrogens with zero attached hydrogens (tertiary/aromatic N) is 2. The number of carbonyl (C=O) groups is 1. The number of rotatable bonds is 1. The highest BCUT2D eigenvalue weighted by atomic mass is 16.5. The summed E-state index contributed by atoms with van der Waals surface area (Å²) in [6, 6.07) is 8.53. The van der Waals surface area contributed by atoms with Gasteiger partial charge in [0.15, 0.2) is 0 Å². The Morgan fingerprint density at radius 1 is 1.35 bits per heavy atom. The molecule has 4 nitrogen and oxygen atoms in total. The molecule has 0 radical (unpaired) electrons. The van der Waals surface area contributed by atoms with Gasteiger partial charge in [0.05, 0.1) is 0 Å². The number of benzene rings is 1. The van der Waals surface area contributed by atoms with E-state index in [0.29, 0.717) is 6.54 Å². The van der Waals surface area contributed by atoms with Crippen molar-refractivity contribution >= 4 is 11.6 Å². The molecule has 20 heavy (non-hydrogen) atoms. The molecule has 1 saturated heterocycles. The topological polar surface area (TPSA) is 32.8 Å². The van der Waals surface area contributed by atoms with Gasteiger partial charge in [0.1, 0.15) is 6.10 Å². The molecule has 1 amide bonds. The lowest BCUT2D eigenvalue weighted by atomic mass is 10.1. The summed E-state index contributed by atoms with van der Waals surface area (Å²) in [5, 5.41) is 0. The van der Waals surface area contributed by atoms with E-state index in [1.807, 2.05) is 11.0 Å². The van der Waals surface area contributed by atoms with Crippen LogP contribution < -0.4 is 4.90 Å². The zero-order chi connectivity index (χ0) is 14.1. The van der Waals surface area contributed by atoms with Crippen molar-refractivity contribution in [2.75, 3.05) is 25.1 Å². The van der Waals surface area contributed by atoms with Crippen molar-refractivity contribution in [3.05, 3.63) is 29.8 Å². The second-order valence-electron chi connectivity index (χ2n) is 5.83. The summed E-state index contributed by atoms with van der Waals surface area (Å²) in [6.07, 6.45) is 1.63. The molecule has 0 saturated carbocycles. The largest absolute Gasteiger partial charge is 0.372 e. The second kappa shape index (κ2) is 5.44. The van der Waals surface area contributed by atoms with E-state index < -0.39 is 0 Å². The van der Waals surface area contributed by atoms with E-state index >= 15 is 0 Å². The molecule has 0 aliphatic carbocycles. The van der Waals surface area contributed by atoms with Gasteiger partial charge in [0.2, 0.25) is 0 Å². The lowest BCUT2D eigenvalue weighted by Gasteiger charge is -2.30. The lowest BCUT2D eigenvalue weighted by molar-refractivity contribution is -0.143. The zero-order valence-electron chi connectivity index (χ0n) is 12.2. The Kier molecular flexibility index (Phi) is 3.66. The number of likely N-dealkylation sites (N-methyl/N-ethyl adjacent to an activating group) is 1. The van der Waals surface area contributed by atoms with E-state index in [4.69, 9.17) is 4.74 Å². The minimum Gasteiger partial charge on any atom is -0.372 e. The summed E-state index contributed by atoms with van der Waals surface area (Å²) in [4.78, 5) is 16.9. The van der Waals surface area contributed by atoms with Crippen molar-refractivity contribution in [1.29, 1.82) is 0 Å². The zero-order valence-corrected chi connectivity index (χ0v) is 12.2. The van der Waals surface area contributed by atoms with Gasteiger partial charge in [0, 0.05) is 38.5 Å². The summed E-state index contributed by atoms with van der Waals surface area (Å²) in [6.45, 7) is 4.38. The van der Waals surface area contributed by atoms with Crippen LogP contribution in [-0.2, 0) is 16.1 Å². The van der Waals surface area contributed by atoms with Gasteiger partial charge in [-0.3, -0.25) is 4.79 Å². The number of hydrogen-bond donors (Lipinski definition) is 0. The molecule has 0 bridgehead atoms. The first-order chi connectivity index (χ1) is 9.66. The van der Waals surface area contributed by atoms with E-state index in [2.05, 4.69) is 37.1 Å². The van der Waals surface area contributed by atoms with Gasteiger partial charge in [-0.1, -0.05) is 18.2 Å². The molecule has 2 atom stereocenters. The Morgan fingerprint density at radius 2 is 2.15 bits per heavy atom. The van der Waals surface area contributed by atoms with Gasteiger partial charge in [-0.05, 0) is 31.4 Å². The molecule has 0 aromatic heterocycles. The number of anilines is 1. The summed E-state index contributed by atoms with van der Waals surface area (Å²) in [7, 11) is 2.09. The molecular formula is C16H22N2O2. The van der Waals surface area contributed by atoms with Gasteiger partial charge < -0.3 is 14.5 Å². The van der Waals surface area contributed by atoms with Crippen LogP contribution in [-0.4, -0.2) is 43.2 Å². The van der Waals surface area contributed by atoms with Crippen LogP contribution in [0.2, 0.25) is 0 Å². The first-order valence-corrected chi connectivity index (χ1v) is 7.38. The highest BCUT2D eigenvalue weighted by Crippen LogP contribution is 2.27. The van der Waals surface area contributed by atoms with Crippen LogP contribution in [0.5, 0.6) is 0 Å². The standard InChI is InChI=1S/C16H22N2O2/c1-12-10-17(2)14-7-4-3-6-13(14)11-18(12)16(19)15-8-5-9-20-15/h3-4,6-7,12,15H,5,8-11H2,1-2H3. The normalized spacial score (nSPS) is 26.3. The predicted molar refractivity (Wildman–Crippen MR) is 78.7 cm³/mol. The minimum absolute atomic E-state index is 0.153. The molecule has 0 spiro atoms. The Balaban J connectivity index is 1.86. The van der Waals surface area contributed by atoms with Gasteiger partial charge in [-0.15, -0.1) is 0 Å². The SMILES string of the molecule is CC1CN(C)c2ccccc2CN1C(=O)C1CCCO1. The van der Waals surface area contributed by atoms with Crippen LogP contribution in [0, 0.1) is 0 Å². The third-order valence-corrected chi connectivity index (χ3v) is 4.30. The third kappa shape index (κ3) is 2.40. The van der Waals surface area contributed by atoms with Crippen molar-refractivity contribution in [2.24, 2.45) is 0 Å².